The molecule has 2 heterocycles. The van der Waals surface area contributed by atoms with Crippen LogP contribution in [-0.4, -0.2) is 40.2 Å². The van der Waals surface area contributed by atoms with Crippen LogP contribution in [0.1, 0.15) is 25.8 Å². The van der Waals surface area contributed by atoms with E-state index in [4.69, 9.17) is 21.4 Å². The van der Waals surface area contributed by atoms with Gasteiger partial charge in [0.25, 0.3) is 0 Å². The summed E-state index contributed by atoms with van der Waals surface area (Å²) in [7, 11) is 1.64. The minimum absolute atomic E-state index is 0.0493. The van der Waals surface area contributed by atoms with Gasteiger partial charge in [-0.25, -0.2) is 0 Å². The number of hydrogen-bond donors (Lipinski definition) is 1. The van der Waals surface area contributed by atoms with E-state index in [1.54, 1.807) is 23.4 Å². The van der Waals surface area contributed by atoms with Gasteiger partial charge in [0.05, 0.1) is 29.4 Å². The number of carbonyl (C=O) groups is 1. The first-order valence-electron chi connectivity index (χ1n) is 10.5. The molecule has 2 aromatic carbocycles. The lowest BCUT2D eigenvalue weighted by Crippen LogP contribution is -2.40. The molecule has 4 rings (SSSR count). The average molecular weight is 472 g/mol. The molecule has 6 nitrogen and oxygen atoms in total. The van der Waals surface area contributed by atoms with E-state index < -0.39 is 5.97 Å². The number of thioether (sulfide) groups is 1. The normalized spacial score (nSPS) is 13.8. The number of aromatic nitrogens is 1. The molecular weight excluding hydrogens is 446 g/mol. The minimum atomic E-state index is -0.852. The number of ether oxygens (including phenoxy) is 1. The molecule has 1 aromatic heterocycles. The summed E-state index contributed by atoms with van der Waals surface area (Å²) in [6.45, 7) is 5.08. The zero-order valence-corrected chi connectivity index (χ0v) is 19.9. The molecule has 8 heteroatoms. The molecule has 0 saturated heterocycles. The quantitative estimate of drug-likeness (QED) is 0.440. The van der Waals surface area contributed by atoms with Crippen LogP contribution in [0.4, 0.5) is 5.69 Å². The van der Waals surface area contributed by atoms with Crippen LogP contribution in [0.5, 0.6) is 5.75 Å². The lowest BCUT2D eigenvalue weighted by Gasteiger charge is -2.37. The van der Waals surface area contributed by atoms with Crippen molar-refractivity contribution in [1.82, 2.24) is 9.58 Å². The van der Waals surface area contributed by atoms with Crippen molar-refractivity contribution < 1.29 is 14.6 Å². The predicted octanol–water partition coefficient (Wildman–Crippen LogP) is 5.91. The number of carboxylic acid groups (broad SMARTS) is 1. The topological polar surface area (TPSA) is 57.9 Å². The second-order valence-corrected chi connectivity index (χ2v) is 9.19. The van der Waals surface area contributed by atoms with Crippen LogP contribution >= 0.6 is 23.4 Å². The van der Waals surface area contributed by atoms with Crippen LogP contribution in [0.15, 0.2) is 53.6 Å². The number of rotatable bonds is 8. The van der Waals surface area contributed by atoms with E-state index in [2.05, 4.69) is 36.0 Å². The Hall–Kier alpha value is -2.77. The maximum Gasteiger partial charge on any atom is 0.323 e. The molecule has 1 aliphatic rings. The molecule has 0 radical (unpaired) electrons. The summed E-state index contributed by atoms with van der Waals surface area (Å²) >= 11 is 8.44. The summed E-state index contributed by atoms with van der Waals surface area (Å²) in [5, 5.41) is 15.4. The molecule has 0 atom stereocenters. The zero-order chi connectivity index (χ0) is 22.8. The molecule has 1 N–H and O–H groups in total. The number of aliphatic carboxylic acids is 1. The van der Waals surface area contributed by atoms with Crippen molar-refractivity contribution in [3.8, 4) is 5.75 Å². The molecular formula is C24H26ClN3O3S. The third kappa shape index (κ3) is 4.27. The largest absolute Gasteiger partial charge is 0.497 e. The van der Waals surface area contributed by atoms with Crippen molar-refractivity contribution in [3.63, 3.8) is 0 Å². The fourth-order valence-electron chi connectivity index (χ4n) is 4.04. The van der Waals surface area contributed by atoms with Crippen molar-refractivity contribution in [2.45, 2.75) is 26.8 Å². The summed E-state index contributed by atoms with van der Waals surface area (Å²) in [6, 6.07) is 13.9. The molecule has 0 amide bonds. The highest BCUT2D eigenvalue weighted by Gasteiger charge is 2.29. The molecule has 168 valence electrons. The van der Waals surface area contributed by atoms with E-state index in [9.17, 15) is 4.79 Å². The number of benzene rings is 2. The Balaban J connectivity index is 1.72. The van der Waals surface area contributed by atoms with Gasteiger partial charge >= 0.3 is 5.97 Å². The van der Waals surface area contributed by atoms with Gasteiger partial charge in [0.2, 0.25) is 0 Å². The zero-order valence-electron chi connectivity index (χ0n) is 18.3. The Morgan fingerprint density at radius 2 is 2.06 bits per heavy atom. The molecule has 32 heavy (non-hydrogen) atoms. The fourth-order valence-corrected chi connectivity index (χ4v) is 5.24. The van der Waals surface area contributed by atoms with Crippen LogP contribution in [0.3, 0.4) is 0 Å². The van der Waals surface area contributed by atoms with E-state index in [0.29, 0.717) is 5.02 Å². The van der Waals surface area contributed by atoms with Crippen LogP contribution in [0.2, 0.25) is 5.02 Å². The van der Waals surface area contributed by atoms with E-state index in [1.165, 1.54) is 4.91 Å². The lowest BCUT2D eigenvalue weighted by molar-refractivity contribution is -0.137. The lowest BCUT2D eigenvalue weighted by atomic mass is 10.1. The van der Waals surface area contributed by atoms with Crippen LogP contribution in [-0.2, 0) is 11.3 Å². The van der Waals surface area contributed by atoms with Gasteiger partial charge in [-0.05, 0) is 55.8 Å². The third-order valence-electron chi connectivity index (χ3n) is 5.51. The molecule has 0 aliphatic carbocycles. The van der Waals surface area contributed by atoms with Crippen LogP contribution in [0, 0.1) is 0 Å². The smallest absolute Gasteiger partial charge is 0.323 e. The van der Waals surface area contributed by atoms with Gasteiger partial charge in [-0.1, -0.05) is 18.5 Å². The van der Waals surface area contributed by atoms with E-state index in [-0.39, 0.29) is 6.54 Å². The Morgan fingerprint density at radius 3 is 2.75 bits per heavy atom. The summed E-state index contributed by atoms with van der Waals surface area (Å²) in [4.78, 5) is 12.4. The summed E-state index contributed by atoms with van der Waals surface area (Å²) in [6.07, 6.45) is 2.80. The Labute approximate surface area is 197 Å². The van der Waals surface area contributed by atoms with Crippen LogP contribution < -0.4 is 9.75 Å². The highest BCUT2D eigenvalue weighted by molar-refractivity contribution is 8.03. The number of methoxy groups -OCH3 is 1. The average Bonchev–Trinajstić information content (AvgIpc) is 3.34. The highest BCUT2D eigenvalue weighted by atomic mass is 35.5. The molecule has 1 aliphatic heterocycles. The van der Waals surface area contributed by atoms with Crippen LogP contribution in [0.25, 0.3) is 16.6 Å². The number of carboxylic acids is 1. The molecule has 0 unspecified atom stereocenters. The number of halogens is 1. The van der Waals surface area contributed by atoms with Gasteiger partial charge in [0.15, 0.2) is 0 Å². The van der Waals surface area contributed by atoms with Gasteiger partial charge in [-0.3, -0.25) is 14.8 Å². The Morgan fingerprint density at radius 1 is 1.25 bits per heavy atom. The van der Waals surface area contributed by atoms with E-state index in [1.807, 2.05) is 36.5 Å². The maximum absolute atomic E-state index is 11.2. The van der Waals surface area contributed by atoms with Gasteiger partial charge in [-0.2, -0.15) is 0 Å². The first-order chi connectivity index (χ1) is 15.4. The molecule has 0 bridgehead atoms. The Bertz CT molecular complexity index is 1190. The number of allylic oxidation sites excluding steroid dienone is 1. The number of nitrogens with zero attached hydrogens (tertiary/aromatic N) is 3. The second kappa shape index (κ2) is 9.38. The van der Waals surface area contributed by atoms with Crippen molar-refractivity contribution >= 4 is 51.6 Å². The van der Waals surface area contributed by atoms with Crippen molar-refractivity contribution in [2.24, 2.45) is 0 Å². The molecule has 0 fully saturated rings. The first-order valence-corrected chi connectivity index (χ1v) is 11.8. The van der Waals surface area contributed by atoms with Gasteiger partial charge in [0.1, 0.15) is 12.3 Å². The Kier molecular flexibility index (Phi) is 6.58. The molecule has 3 aromatic rings. The monoisotopic (exact) mass is 471 g/mol. The third-order valence-corrected chi connectivity index (χ3v) is 6.82. The SMILES string of the molecule is CCCN(c1ccc2c(ccn2CC(=O)O)c1)N1CSC(C)=C1c1ccc(OC)cc1Cl. The second-order valence-electron chi connectivity index (χ2n) is 7.63. The van der Waals surface area contributed by atoms with Gasteiger partial charge < -0.3 is 14.4 Å². The first kappa shape index (κ1) is 22.4. The molecule has 0 saturated carbocycles. The number of anilines is 1. The van der Waals surface area contributed by atoms with Crippen molar-refractivity contribution in [1.29, 1.82) is 0 Å². The number of fused-ring (bicyclic) bond motifs is 1. The minimum Gasteiger partial charge on any atom is -0.497 e. The standard InChI is InChI=1S/C24H26ClN3O3S/c1-4-10-27(18-5-8-22-17(12-18)9-11-26(22)14-23(29)30)28-15-32-16(2)24(28)20-7-6-19(31-3)13-21(20)25/h5-9,11-13H,4,10,14-15H2,1-3H3,(H,29,30). The summed E-state index contributed by atoms with van der Waals surface area (Å²) in [5.41, 5.74) is 4.04. The summed E-state index contributed by atoms with van der Waals surface area (Å²) < 4.78 is 7.07. The summed E-state index contributed by atoms with van der Waals surface area (Å²) in [5.74, 6) is 0.674. The van der Waals surface area contributed by atoms with E-state index in [0.717, 1.165) is 52.4 Å². The predicted molar refractivity (Wildman–Crippen MR) is 132 cm³/mol. The maximum atomic E-state index is 11.2. The fraction of sp³-hybridized carbons (Fsp3) is 0.292. The number of hydrazine groups is 1. The highest BCUT2D eigenvalue weighted by Crippen LogP contribution is 2.43. The van der Waals surface area contributed by atoms with Crippen molar-refractivity contribution in [3.05, 3.63) is 64.2 Å². The van der Waals surface area contributed by atoms with Gasteiger partial charge in [0, 0.05) is 34.1 Å². The number of hydrogen-bond acceptors (Lipinski definition) is 5. The van der Waals surface area contributed by atoms with Crippen molar-refractivity contribution in [2.75, 3.05) is 24.5 Å². The van der Waals surface area contributed by atoms with Gasteiger partial charge in [-0.15, -0.1) is 11.8 Å². The molecule has 0 spiro atoms. The van der Waals surface area contributed by atoms with E-state index >= 15 is 0 Å².